The zero-order chi connectivity index (χ0) is 12.3. The molecule has 92 valence electrons. The molecule has 1 heterocycles. The van der Waals surface area contributed by atoms with E-state index in [0.29, 0.717) is 17.1 Å². The number of ether oxygens (including phenoxy) is 1. The lowest BCUT2D eigenvalue weighted by atomic mass is 9.82. The lowest BCUT2D eigenvalue weighted by Crippen LogP contribution is -2.31. The van der Waals surface area contributed by atoms with Crippen molar-refractivity contribution < 1.29 is 14.8 Å². The topological polar surface area (TPSA) is 62.6 Å². The summed E-state index contributed by atoms with van der Waals surface area (Å²) in [5.74, 6) is 1.32. The van der Waals surface area contributed by atoms with Gasteiger partial charge in [-0.1, -0.05) is 13.3 Å². The van der Waals surface area contributed by atoms with Crippen molar-refractivity contribution in [3.05, 3.63) is 18.5 Å². The van der Waals surface area contributed by atoms with E-state index >= 15 is 0 Å². The van der Waals surface area contributed by atoms with Gasteiger partial charge < -0.3 is 14.8 Å². The Kier molecular flexibility index (Phi) is 4.02. The van der Waals surface area contributed by atoms with Crippen LogP contribution < -0.4 is 10.2 Å². The van der Waals surface area contributed by atoms with E-state index in [0.717, 1.165) is 12.8 Å². The van der Waals surface area contributed by atoms with Gasteiger partial charge in [0, 0.05) is 11.7 Å². The molecule has 0 amide bonds. The monoisotopic (exact) mass is 235 g/mol. The van der Waals surface area contributed by atoms with E-state index in [2.05, 4.69) is 11.9 Å². The molecular weight excluding hydrogens is 217 g/mol. The van der Waals surface area contributed by atoms with Crippen LogP contribution in [0, 0.1) is 5.92 Å². The molecule has 0 aliphatic heterocycles. The van der Waals surface area contributed by atoms with Crippen molar-refractivity contribution in [2.75, 3.05) is 0 Å². The van der Waals surface area contributed by atoms with Gasteiger partial charge in [-0.15, -0.1) is 0 Å². The van der Waals surface area contributed by atoms with Gasteiger partial charge >= 0.3 is 7.12 Å². The molecule has 0 aromatic carbocycles. The van der Waals surface area contributed by atoms with Gasteiger partial charge in [0.05, 0.1) is 12.3 Å². The Bertz CT molecular complexity index is 373. The number of rotatable bonds is 3. The second-order valence-corrected chi connectivity index (χ2v) is 4.84. The first-order valence-electron chi connectivity index (χ1n) is 6.13. The van der Waals surface area contributed by atoms with Crippen LogP contribution in [0.1, 0.15) is 32.6 Å². The molecule has 1 aliphatic carbocycles. The van der Waals surface area contributed by atoms with E-state index in [1.165, 1.54) is 19.0 Å². The van der Waals surface area contributed by atoms with Crippen LogP contribution in [0.5, 0.6) is 5.75 Å². The molecule has 1 aliphatic rings. The Balaban J connectivity index is 2.00. The van der Waals surface area contributed by atoms with Gasteiger partial charge in [0.1, 0.15) is 5.75 Å². The first-order valence-corrected chi connectivity index (χ1v) is 6.13. The maximum absolute atomic E-state index is 9.06. The van der Waals surface area contributed by atoms with Crippen LogP contribution in [-0.4, -0.2) is 28.3 Å². The highest BCUT2D eigenvalue weighted by Crippen LogP contribution is 2.26. The average Bonchev–Trinajstić information content (AvgIpc) is 2.29. The third-order valence-corrected chi connectivity index (χ3v) is 3.22. The molecule has 0 radical (unpaired) electrons. The summed E-state index contributed by atoms with van der Waals surface area (Å²) in [6.45, 7) is 2.24. The van der Waals surface area contributed by atoms with Crippen LogP contribution in [0.2, 0.25) is 0 Å². The maximum atomic E-state index is 9.06. The SMILES string of the molecule is CC1CCCC(Oc2cncc(B(O)O)c2)C1. The van der Waals surface area contributed by atoms with E-state index in [1.807, 2.05) is 0 Å². The van der Waals surface area contributed by atoms with Crippen molar-refractivity contribution in [2.45, 2.75) is 38.7 Å². The molecule has 1 aromatic rings. The molecule has 2 N–H and O–H groups in total. The number of hydrogen-bond donors (Lipinski definition) is 2. The van der Waals surface area contributed by atoms with Gasteiger partial charge in [0.2, 0.25) is 0 Å². The predicted molar refractivity (Wildman–Crippen MR) is 66.1 cm³/mol. The highest BCUT2D eigenvalue weighted by molar-refractivity contribution is 6.58. The first-order chi connectivity index (χ1) is 8.15. The zero-order valence-electron chi connectivity index (χ0n) is 10.0. The summed E-state index contributed by atoms with van der Waals surface area (Å²) < 4.78 is 5.83. The number of aromatic nitrogens is 1. The third-order valence-electron chi connectivity index (χ3n) is 3.22. The molecule has 1 fully saturated rings. The maximum Gasteiger partial charge on any atom is 0.490 e. The second kappa shape index (κ2) is 5.51. The van der Waals surface area contributed by atoms with Crippen LogP contribution in [0.3, 0.4) is 0 Å². The molecule has 5 heteroatoms. The Morgan fingerprint density at radius 3 is 2.88 bits per heavy atom. The molecule has 0 bridgehead atoms. The van der Waals surface area contributed by atoms with Crippen molar-refractivity contribution >= 4 is 12.6 Å². The van der Waals surface area contributed by atoms with E-state index < -0.39 is 7.12 Å². The van der Waals surface area contributed by atoms with Gasteiger partial charge in [-0.05, 0) is 31.2 Å². The fourth-order valence-electron chi connectivity index (χ4n) is 2.32. The standard InChI is InChI=1S/C12H18BNO3/c1-9-3-2-4-11(5-9)17-12-6-10(13(15)16)7-14-8-12/h6-9,11,15-16H,2-5H2,1H3. The van der Waals surface area contributed by atoms with Crippen molar-refractivity contribution in [1.82, 2.24) is 4.98 Å². The minimum atomic E-state index is -1.49. The van der Waals surface area contributed by atoms with Crippen LogP contribution in [-0.2, 0) is 0 Å². The summed E-state index contributed by atoms with van der Waals surface area (Å²) in [4.78, 5) is 3.95. The average molecular weight is 235 g/mol. The van der Waals surface area contributed by atoms with Crippen LogP contribution in [0.15, 0.2) is 18.5 Å². The Morgan fingerprint density at radius 2 is 2.18 bits per heavy atom. The molecule has 2 atom stereocenters. The molecule has 0 saturated heterocycles. The Labute approximate surface area is 102 Å². The van der Waals surface area contributed by atoms with E-state index in [1.54, 1.807) is 12.3 Å². The lowest BCUT2D eigenvalue weighted by Gasteiger charge is -2.27. The predicted octanol–water partition coefficient (Wildman–Crippen LogP) is 0.719. The van der Waals surface area contributed by atoms with E-state index in [-0.39, 0.29) is 6.10 Å². The Morgan fingerprint density at radius 1 is 1.35 bits per heavy atom. The van der Waals surface area contributed by atoms with Crippen molar-refractivity contribution in [1.29, 1.82) is 0 Å². The third kappa shape index (κ3) is 3.44. The summed E-state index contributed by atoms with van der Waals surface area (Å²) in [6, 6.07) is 1.64. The summed E-state index contributed by atoms with van der Waals surface area (Å²) in [7, 11) is -1.49. The van der Waals surface area contributed by atoms with Crippen LogP contribution in [0.4, 0.5) is 0 Å². The fourth-order valence-corrected chi connectivity index (χ4v) is 2.32. The molecule has 17 heavy (non-hydrogen) atoms. The first kappa shape index (κ1) is 12.4. The molecule has 4 nitrogen and oxygen atoms in total. The minimum absolute atomic E-state index is 0.228. The molecule has 0 spiro atoms. The second-order valence-electron chi connectivity index (χ2n) is 4.84. The number of nitrogens with zero attached hydrogens (tertiary/aromatic N) is 1. The minimum Gasteiger partial charge on any atom is -0.489 e. The fraction of sp³-hybridized carbons (Fsp3) is 0.583. The highest BCUT2D eigenvalue weighted by atomic mass is 16.5. The summed E-state index contributed by atoms with van der Waals surface area (Å²) >= 11 is 0. The Hall–Kier alpha value is -1.07. The van der Waals surface area contributed by atoms with Crippen molar-refractivity contribution in [3.8, 4) is 5.75 Å². The molecule has 1 saturated carbocycles. The largest absolute Gasteiger partial charge is 0.490 e. The summed E-state index contributed by atoms with van der Waals surface area (Å²) in [5.41, 5.74) is 0.367. The molecular formula is C12H18BNO3. The lowest BCUT2D eigenvalue weighted by molar-refractivity contribution is 0.129. The van der Waals surface area contributed by atoms with Crippen LogP contribution in [0.25, 0.3) is 0 Å². The van der Waals surface area contributed by atoms with Crippen LogP contribution >= 0.6 is 0 Å². The van der Waals surface area contributed by atoms with Gasteiger partial charge in [-0.2, -0.15) is 0 Å². The quantitative estimate of drug-likeness (QED) is 0.757. The van der Waals surface area contributed by atoms with Crippen molar-refractivity contribution in [3.63, 3.8) is 0 Å². The van der Waals surface area contributed by atoms with Crippen molar-refractivity contribution in [2.24, 2.45) is 5.92 Å². The number of pyridine rings is 1. The normalized spacial score (nSPS) is 24.4. The summed E-state index contributed by atoms with van der Waals surface area (Å²) in [6.07, 6.45) is 7.87. The molecule has 1 aromatic heterocycles. The number of hydrogen-bond acceptors (Lipinski definition) is 4. The van der Waals surface area contributed by atoms with E-state index in [4.69, 9.17) is 14.8 Å². The molecule has 2 unspecified atom stereocenters. The molecule has 2 rings (SSSR count). The smallest absolute Gasteiger partial charge is 0.489 e. The highest BCUT2D eigenvalue weighted by Gasteiger charge is 2.21. The van der Waals surface area contributed by atoms with Gasteiger partial charge in [-0.25, -0.2) is 0 Å². The van der Waals surface area contributed by atoms with Gasteiger partial charge in [-0.3, -0.25) is 4.98 Å². The van der Waals surface area contributed by atoms with E-state index in [9.17, 15) is 0 Å². The van der Waals surface area contributed by atoms with Gasteiger partial charge in [0.15, 0.2) is 0 Å². The van der Waals surface area contributed by atoms with Gasteiger partial charge in [0.25, 0.3) is 0 Å². The summed E-state index contributed by atoms with van der Waals surface area (Å²) in [5, 5.41) is 18.1. The zero-order valence-corrected chi connectivity index (χ0v) is 10.0.